The van der Waals surface area contributed by atoms with Gasteiger partial charge >= 0.3 is 0 Å². The van der Waals surface area contributed by atoms with Crippen LogP contribution in [0.5, 0.6) is 5.75 Å². The monoisotopic (exact) mass is 420 g/mol. The molecule has 0 bridgehead atoms. The molecular weight excluding hydrogens is 376 g/mol. The maximum absolute atomic E-state index is 10.2. The zero-order valence-corrected chi connectivity index (χ0v) is 20.0. The number of hydrogen-bond donors (Lipinski definition) is 2. The van der Waals surface area contributed by atoms with Gasteiger partial charge in [0.25, 0.3) is 0 Å². The summed E-state index contributed by atoms with van der Waals surface area (Å²) in [5.41, 5.74) is 1.06. The van der Waals surface area contributed by atoms with Crippen molar-refractivity contribution in [1.29, 1.82) is 0 Å². The lowest BCUT2D eigenvalue weighted by molar-refractivity contribution is 0.0474. The Bertz CT molecular complexity index is 588. The summed E-state index contributed by atoms with van der Waals surface area (Å²) in [4.78, 5) is 0. The summed E-state index contributed by atoms with van der Waals surface area (Å²) in [6, 6.07) is 7.80. The molecule has 1 unspecified atom stereocenters. The van der Waals surface area contributed by atoms with Crippen LogP contribution in [-0.2, 0) is 4.74 Å². The lowest BCUT2D eigenvalue weighted by Crippen LogP contribution is -2.03. The Morgan fingerprint density at radius 2 is 1.70 bits per heavy atom. The largest absolute Gasteiger partial charge is 0.512 e. The summed E-state index contributed by atoms with van der Waals surface area (Å²) in [5.74, 6) is 1.49. The van der Waals surface area contributed by atoms with Gasteiger partial charge in [0.1, 0.15) is 11.5 Å². The average Bonchev–Trinajstić information content (AvgIpc) is 2.74. The van der Waals surface area contributed by atoms with E-state index in [4.69, 9.17) is 14.6 Å². The molecule has 0 spiro atoms. The van der Waals surface area contributed by atoms with Crippen LogP contribution in [0.1, 0.15) is 84.6 Å². The highest BCUT2D eigenvalue weighted by molar-refractivity contribution is 5.37. The first-order valence-electron chi connectivity index (χ1n) is 11.1. The number of para-hydroxylation sites is 1. The maximum Gasteiger partial charge on any atom is 0.186 e. The van der Waals surface area contributed by atoms with Gasteiger partial charge in [0.2, 0.25) is 0 Å². The first-order chi connectivity index (χ1) is 14.5. The van der Waals surface area contributed by atoms with E-state index in [1.165, 1.54) is 37.8 Å². The van der Waals surface area contributed by atoms with Crippen molar-refractivity contribution in [2.45, 2.75) is 79.1 Å². The van der Waals surface area contributed by atoms with Gasteiger partial charge in [0.15, 0.2) is 6.79 Å². The van der Waals surface area contributed by atoms with Gasteiger partial charge in [0.05, 0.1) is 12.9 Å². The van der Waals surface area contributed by atoms with Crippen molar-refractivity contribution in [1.82, 2.24) is 0 Å². The van der Waals surface area contributed by atoms with Gasteiger partial charge in [-0.2, -0.15) is 0 Å². The molecule has 30 heavy (non-hydrogen) atoms. The van der Waals surface area contributed by atoms with Crippen LogP contribution in [0.25, 0.3) is 0 Å². The zero-order valence-electron chi connectivity index (χ0n) is 20.0. The minimum Gasteiger partial charge on any atom is -0.512 e. The first-order valence-corrected chi connectivity index (χ1v) is 11.1. The van der Waals surface area contributed by atoms with Crippen molar-refractivity contribution < 1.29 is 19.7 Å². The minimum absolute atomic E-state index is 0.131. The molecule has 172 valence electrons. The summed E-state index contributed by atoms with van der Waals surface area (Å²) in [5, 5.41) is 19.0. The van der Waals surface area contributed by atoms with E-state index in [0.29, 0.717) is 12.2 Å². The van der Waals surface area contributed by atoms with E-state index in [0.717, 1.165) is 17.7 Å². The third-order valence-corrected chi connectivity index (χ3v) is 4.06. The highest BCUT2D eigenvalue weighted by atomic mass is 16.6. The number of aliphatic hydroxyl groups excluding tert-OH is 2. The molecule has 1 aromatic carbocycles. The molecule has 0 saturated heterocycles. The molecule has 1 rings (SSSR count). The molecule has 0 aromatic heterocycles. The third-order valence-electron chi connectivity index (χ3n) is 4.06. The fourth-order valence-electron chi connectivity index (χ4n) is 2.64. The van der Waals surface area contributed by atoms with Gasteiger partial charge in [0, 0.05) is 12.5 Å². The van der Waals surface area contributed by atoms with E-state index in [-0.39, 0.29) is 11.7 Å². The van der Waals surface area contributed by atoms with E-state index < -0.39 is 6.79 Å². The van der Waals surface area contributed by atoms with Crippen LogP contribution < -0.4 is 4.74 Å². The number of methoxy groups -OCH3 is 1. The summed E-state index contributed by atoms with van der Waals surface area (Å²) < 4.78 is 10.4. The Kier molecular flexibility index (Phi) is 21.5. The van der Waals surface area contributed by atoms with Crippen LogP contribution in [0, 0.1) is 0 Å². The van der Waals surface area contributed by atoms with Crippen molar-refractivity contribution in [3.05, 3.63) is 66.2 Å². The van der Waals surface area contributed by atoms with Gasteiger partial charge in [-0.05, 0) is 30.0 Å². The second kappa shape index (κ2) is 21.5. The molecule has 0 heterocycles. The predicted molar refractivity (Wildman–Crippen MR) is 129 cm³/mol. The van der Waals surface area contributed by atoms with Crippen molar-refractivity contribution in [2.24, 2.45) is 0 Å². The van der Waals surface area contributed by atoms with Gasteiger partial charge in [-0.1, -0.05) is 91.2 Å². The molecule has 0 saturated carbocycles. The van der Waals surface area contributed by atoms with E-state index in [2.05, 4.69) is 41.2 Å². The molecule has 1 atom stereocenters. The Balaban J connectivity index is 0. The number of ether oxygens (including phenoxy) is 2. The van der Waals surface area contributed by atoms with E-state index >= 15 is 0 Å². The van der Waals surface area contributed by atoms with E-state index in [1.54, 1.807) is 13.2 Å². The normalized spacial score (nSPS) is 12.0. The smallest absolute Gasteiger partial charge is 0.186 e. The van der Waals surface area contributed by atoms with Gasteiger partial charge < -0.3 is 19.7 Å². The van der Waals surface area contributed by atoms with E-state index in [9.17, 15) is 5.11 Å². The summed E-state index contributed by atoms with van der Waals surface area (Å²) >= 11 is 0. The maximum atomic E-state index is 10.2. The topological polar surface area (TPSA) is 58.9 Å². The molecular formula is C26H44O4. The lowest BCUT2D eigenvalue weighted by atomic mass is 9.91. The Morgan fingerprint density at radius 1 is 1.10 bits per heavy atom. The van der Waals surface area contributed by atoms with Crippen molar-refractivity contribution in [2.75, 3.05) is 13.9 Å². The van der Waals surface area contributed by atoms with Gasteiger partial charge in [-0.15, -0.1) is 0 Å². The molecule has 0 amide bonds. The summed E-state index contributed by atoms with van der Waals surface area (Å²) in [6.45, 7) is 13.9. The molecule has 2 N–H and O–H groups in total. The predicted octanol–water partition coefficient (Wildman–Crippen LogP) is 7.67. The van der Waals surface area contributed by atoms with Crippen molar-refractivity contribution >= 4 is 0 Å². The highest BCUT2D eigenvalue weighted by Crippen LogP contribution is 2.33. The summed E-state index contributed by atoms with van der Waals surface area (Å²) in [6.07, 6.45) is 11.3. The fourth-order valence-corrected chi connectivity index (χ4v) is 2.64. The van der Waals surface area contributed by atoms with Crippen LogP contribution in [0.15, 0.2) is 60.6 Å². The number of benzene rings is 1. The third kappa shape index (κ3) is 14.7. The fraction of sp³-hybridized carbons (Fsp3) is 0.538. The number of rotatable bonds is 11. The standard InChI is InChI=1S/C18H24O4.C5H12.C3H8/c1-4-8-16(22-13-19)12-15(20)11-14(5-2)17-9-6-7-10-18(17)21-3;1-3-5-4-2;1-3-2/h4,6-10,12,14,19-20H,1,5,11,13H2,2-3H3;3-5H2,1-2H3;3H2,1-2H3/b15-12+,16-8+;;. The minimum atomic E-state index is -0.451. The molecule has 0 aliphatic rings. The molecule has 0 aliphatic heterocycles. The van der Waals surface area contributed by atoms with Crippen LogP contribution in [0.2, 0.25) is 0 Å². The zero-order chi connectivity index (χ0) is 23.2. The van der Waals surface area contributed by atoms with Gasteiger partial charge in [-0.25, -0.2) is 0 Å². The van der Waals surface area contributed by atoms with Crippen LogP contribution in [0.3, 0.4) is 0 Å². The average molecular weight is 421 g/mol. The van der Waals surface area contributed by atoms with Crippen molar-refractivity contribution in [3.8, 4) is 5.75 Å². The molecule has 0 radical (unpaired) electrons. The van der Waals surface area contributed by atoms with Gasteiger partial charge in [-0.3, -0.25) is 0 Å². The SMILES string of the molecule is C=C/C=C(\C=C(\O)CC(CC)c1ccccc1OC)OCO.CCC.CCCCC. The van der Waals surface area contributed by atoms with Crippen LogP contribution in [-0.4, -0.2) is 24.1 Å². The highest BCUT2D eigenvalue weighted by Gasteiger charge is 2.16. The number of aliphatic hydroxyl groups is 2. The second-order valence-electron chi connectivity index (χ2n) is 6.83. The Morgan fingerprint density at radius 3 is 2.13 bits per heavy atom. The van der Waals surface area contributed by atoms with Crippen LogP contribution in [0.4, 0.5) is 0 Å². The van der Waals surface area contributed by atoms with Crippen molar-refractivity contribution in [3.63, 3.8) is 0 Å². The van der Waals surface area contributed by atoms with E-state index in [1.807, 2.05) is 24.3 Å². The number of allylic oxidation sites excluding steroid dienone is 4. The lowest BCUT2D eigenvalue weighted by Gasteiger charge is -2.18. The molecule has 4 nitrogen and oxygen atoms in total. The Hall–Kier alpha value is -2.20. The number of hydrogen-bond acceptors (Lipinski definition) is 4. The molecule has 4 heteroatoms. The molecule has 0 aliphatic carbocycles. The first kappa shape index (κ1) is 30.0. The van der Waals surface area contributed by atoms with Crippen LogP contribution >= 0.6 is 0 Å². The molecule has 1 aromatic rings. The quantitative estimate of drug-likeness (QED) is 0.219. The molecule has 0 fully saturated rings. The Labute approximate surface area is 184 Å². The second-order valence-corrected chi connectivity index (χ2v) is 6.83. The number of unbranched alkanes of at least 4 members (excludes halogenated alkanes) is 2. The summed E-state index contributed by atoms with van der Waals surface area (Å²) in [7, 11) is 1.64.